The van der Waals surface area contributed by atoms with E-state index in [2.05, 4.69) is 5.32 Å². The third-order valence-electron chi connectivity index (χ3n) is 2.89. The van der Waals surface area contributed by atoms with Gasteiger partial charge in [-0.05, 0) is 18.6 Å². The second kappa shape index (κ2) is 7.32. The first kappa shape index (κ1) is 17.3. The Morgan fingerprint density at radius 1 is 1.43 bits per heavy atom. The number of nitrogens with one attached hydrogen (secondary N) is 1. The lowest BCUT2D eigenvalue weighted by atomic mass is 10.2. The number of hydrogen-bond acceptors (Lipinski definition) is 5. The number of sulfonamides is 1. The topological polar surface area (TPSA) is 92.5 Å². The fraction of sp³-hybridized carbons (Fsp3) is 0.500. The van der Waals surface area contributed by atoms with Crippen LogP contribution in [0.5, 0.6) is 0 Å². The van der Waals surface area contributed by atoms with Crippen LogP contribution < -0.4 is 5.32 Å². The average molecular weight is 319 g/mol. The SMILES string of the molecule is CCN(CCCNc1cccc(F)c1[N+](=O)[O-])S(C)(=O)=O. The number of benzene rings is 1. The van der Waals surface area contributed by atoms with Crippen LogP contribution in [0.15, 0.2) is 18.2 Å². The van der Waals surface area contributed by atoms with E-state index in [1.165, 1.54) is 16.4 Å². The maximum Gasteiger partial charge on any atom is 0.327 e. The maximum atomic E-state index is 13.4. The number of para-hydroxylation sites is 1. The summed E-state index contributed by atoms with van der Waals surface area (Å²) in [6.07, 6.45) is 1.58. The van der Waals surface area contributed by atoms with Gasteiger partial charge in [0.1, 0.15) is 5.69 Å². The molecule has 0 bridgehead atoms. The van der Waals surface area contributed by atoms with Crippen LogP contribution in [0, 0.1) is 15.9 Å². The molecular weight excluding hydrogens is 301 g/mol. The summed E-state index contributed by atoms with van der Waals surface area (Å²) in [6, 6.07) is 3.81. The molecule has 7 nitrogen and oxygen atoms in total. The molecule has 9 heteroatoms. The fourth-order valence-corrected chi connectivity index (χ4v) is 2.81. The Hall–Kier alpha value is -1.74. The van der Waals surface area contributed by atoms with Crippen LogP contribution in [-0.2, 0) is 10.0 Å². The van der Waals surface area contributed by atoms with Crippen molar-refractivity contribution in [2.24, 2.45) is 0 Å². The Balaban J connectivity index is 2.62. The van der Waals surface area contributed by atoms with E-state index < -0.39 is 26.5 Å². The molecule has 0 radical (unpaired) electrons. The first-order valence-electron chi connectivity index (χ1n) is 6.39. The summed E-state index contributed by atoms with van der Waals surface area (Å²) in [5.74, 6) is -0.906. The third kappa shape index (κ3) is 4.94. The average Bonchev–Trinajstić information content (AvgIpc) is 2.36. The zero-order valence-electron chi connectivity index (χ0n) is 11.9. The van der Waals surface area contributed by atoms with E-state index in [-0.39, 0.29) is 5.69 Å². The number of nitro benzene ring substituents is 1. The Kier molecular flexibility index (Phi) is 6.03. The first-order chi connectivity index (χ1) is 9.77. The Morgan fingerprint density at radius 2 is 2.10 bits per heavy atom. The molecule has 0 atom stereocenters. The molecule has 0 heterocycles. The molecule has 0 aliphatic carbocycles. The minimum absolute atomic E-state index is 0.0856. The third-order valence-corrected chi connectivity index (χ3v) is 4.27. The number of anilines is 1. The van der Waals surface area contributed by atoms with Gasteiger partial charge in [-0.25, -0.2) is 12.7 Å². The lowest BCUT2D eigenvalue weighted by Gasteiger charge is -2.17. The molecule has 0 saturated carbocycles. The highest BCUT2D eigenvalue weighted by Gasteiger charge is 2.19. The van der Waals surface area contributed by atoms with Crippen molar-refractivity contribution >= 4 is 21.4 Å². The van der Waals surface area contributed by atoms with E-state index in [0.717, 1.165) is 12.3 Å². The van der Waals surface area contributed by atoms with Gasteiger partial charge >= 0.3 is 5.69 Å². The first-order valence-corrected chi connectivity index (χ1v) is 8.24. The highest BCUT2D eigenvalue weighted by atomic mass is 32.2. The monoisotopic (exact) mass is 319 g/mol. The summed E-state index contributed by atoms with van der Waals surface area (Å²) in [6.45, 7) is 2.69. The van der Waals surface area contributed by atoms with E-state index in [4.69, 9.17) is 0 Å². The molecule has 0 aliphatic rings. The van der Waals surface area contributed by atoms with E-state index in [1.54, 1.807) is 6.92 Å². The van der Waals surface area contributed by atoms with Gasteiger partial charge in [-0.15, -0.1) is 0 Å². The van der Waals surface area contributed by atoms with Crippen molar-refractivity contribution < 1.29 is 17.7 Å². The van der Waals surface area contributed by atoms with Crippen molar-refractivity contribution in [2.75, 3.05) is 31.2 Å². The standard InChI is InChI=1S/C12H18FN3O4S/c1-3-15(21(2,19)20)9-5-8-14-11-7-4-6-10(13)12(11)16(17)18/h4,6-7,14H,3,5,8-9H2,1-2H3. The number of nitrogens with zero attached hydrogens (tertiary/aromatic N) is 2. The molecule has 1 N–H and O–H groups in total. The molecule has 0 saturated heterocycles. The van der Waals surface area contributed by atoms with Gasteiger partial charge in [-0.2, -0.15) is 4.39 Å². The summed E-state index contributed by atoms with van der Waals surface area (Å²) < 4.78 is 37.4. The summed E-state index contributed by atoms with van der Waals surface area (Å²) in [5.41, 5.74) is -0.518. The van der Waals surface area contributed by atoms with Gasteiger partial charge < -0.3 is 5.32 Å². The van der Waals surface area contributed by atoms with Crippen LogP contribution in [0.25, 0.3) is 0 Å². The Morgan fingerprint density at radius 3 is 2.62 bits per heavy atom. The van der Waals surface area contributed by atoms with E-state index in [1.807, 2.05) is 0 Å². The molecular formula is C12H18FN3O4S. The van der Waals surface area contributed by atoms with E-state index in [9.17, 15) is 22.9 Å². The number of hydrogen-bond donors (Lipinski definition) is 1. The fourth-order valence-electron chi connectivity index (χ4n) is 1.88. The normalized spacial score (nSPS) is 11.6. The molecule has 0 aliphatic heterocycles. The molecule has 1 aromatic carbocycles. The molecule has 118 valence electrons. The second-order valence-corrected chi connectivity index (χ2v) is 6.41. The highest BCUT2D eigenvalue weighted by Crippen LogP contribution is 2.26. The number of rotatable bonds is 8. The van der Waals surface area contributed by atoms with Gasteiger partial charge in [0.25, 0.3) is 0 Å². The summed E-state index contributed by atoms with van der Waals surface area (Å²) in [7, 11) is -3.25. The molecule has 1 aromatic rings. The minimum atomic E-state index is -3.25. The lowest BCUT2D eigenvalue weighted by Crippen LogP contribution is -2.31. The molecule has 0 spiro atoms. The second-order valence-electron chi connectivity index (χ2n) is 4.43. The van der Waals surface area contributed by atoms with Gasteiger partial charge in [-0.3, -0.25) is 10.1 Å². The predicted molar refractivity (Wildman–Crippen MR) is 78.3 cm³/mol. The Labute approximate surface area is 123 Å². The van der Waals surface area contributed by atoms with Crippen molar-refractivity contribution in [2.45, 2.75) is 13.3 Å². The highest BCUT2D eigenvalue weighted by molar-refractivity contribution is 7.88. The molecule has 0 fully saturated rings. The van der Waals surface area contributed by atoms with Crippen LogP contribution in [-0.4, -0.2) is 43.5 Å². The molecule has 0 unspecified atom stereocenters. The van der Waals surface area contributed by atoms with Crippen molar-refractivity contribution in [3.63, 3.8) is 0 Å². The van der Waals surface area contributed by atoms with Crippen LogP contribution in [0.1, 0.15) is 13.3 Å². The smallest absolute Gasteiger partial charge is 0.327 e. The zero-order chi connectivity index (χ0) is 16.0. The van der Waals surface area contributed by atoms with Crippen LogP contribution in [0.4, 0.5) is 15.8 Å². The van der Waals surface area contributed by atoms with Crippen LogP contribution >= 0.6 is 0 Å². The lowest BCUT2D eigenvalue weighted by molar-refractivity contribution is -0.386. The minimum Gasteiger partial charge on any atom is -0.379 e. The molecule has 21 heavy (non-hydrogen) atoms. The van der Waals surface area contributed by atoms with Gasteiger partial charge in [-0.1, -0.05) is 13.0 Å². The quantitative estimate of drug-likeness (QED) is 0.448. The van der Waals surface area contributed by atoms with E-state index in [0.29, 0.717) is 26.1 Å². The van der Waals surface area contributed by atoms with Crippen LogP contribution in [0.3, 0.4) is 0 Å². The number of nitro groups is 1. The van der Waals surface area contributed by atoms with Gasteiger partial charge in [0.2, 0.25) is 15.8 Å². The molecule has 1 rings (SSSR count). The van der Waals surface area contributed by atoms with Gasteiger partial charge in [0.15, 0.2) is 0 Å². The zero-order valence-corrected chi connectivity index (χ0v) is 12.7. The van der Waals surface area contributed by atoms with E-state index >= 15 is 0 Å². The maximum absolute atomic E-state index is 13.4. The van der Waals surface area contributed by atoms with Crippen LogP contribution in [0.2, 0.25) is 0 Å². The summed E-state index contributed by atoms with van der Waals surface area (Å²) >= 11 is 0. The Bertz CT molecular complexity index is 607. The summed E-state index contributed by atoms with van der Waals surface area (Å²) in [4.78, 5) is 10.0. The van der Waals surface area contributed by atoms with Crippen molar-refractivity contribution in [3.8, 4) is 0 Å². The molecule has 0 aromatic heterocycles. The number of halogens is 1. The van der Waals surface area contributed by atoms with Crippen molar-refractivity contribution in [1.29, 1.82) is 0 Å². The summed E-state index contributed by atoms with van der Waals surface area (Å²) in [5, 5.41) is 13.6. The van der Waals surface area contributed by atoms with Crippen molar-refractivity contribution in [1.82, 2.24) is 4.31 Å². The molecule has 0 amide bonds. The largest absolute Gasteiger partial charge is 0.379 e. The van der Waals surface area contributed by atoms with Gasteiger partial charge in [0, 0.05) is 19.6 Å². The predicted octanol–water partition coefficient (Wildman–Crippen LogP) is 1.82. The van der Waals surface area contributed by atoms with Crippen molar-refractivity contribution in [3.05, 3.63) is 34.1 Å². The van der Waals surface area contributed by atoms with Gasteiger partial charge in [0.05, 0.1) is 11.2 Å².